The van der Waals surface area contributed by atoms with Gasteiger partial charge in [-0.1, -0.05) is 15.9 Å². The number of halogens is 7. The summed E-state index contributed by atoms with van der Waals surface area (Å²) in [6.45, 7) is -0.235. The van der Waals surface area contributed by atoms with Crippen molar-refractivity contribution in [2.24, 2.45) is 5.92 Å². The summed E-state index contributed by atoms with van der Waals surface area (Å²) in [4.78, 5) is 11.4. The molecule has 0 aromatic heterocycles. The average molecular weight is 316 g/mol. The molecule has 0 rings (SSSR count). The first-order chi connectivity index (χ1) is 7.01. The van der Waals surface area contributed by atoms with Gasteiger partial charge in [0.15, 0.2) is 0 Å². The lowest BCUT2D eigenvalue weighted by Gasteiger charge is -2.26. The molecule has 9 heteroatoms. The third kappa shape index (κ3) is 4.18. The number of carbonyl (C=O) groups is 1. The minimum absolute atomic E-state index is 0.0949. The van der Waals surface area contributed by atoms with E-state index in [0.29, 0.717) is 4.90 Å². The van der Waals surface area contributed by atoms with Crippen molar-refractivity contribution in [2.45, 2.75) is 12.4 Å². The molecule has 0 aliphatic carbocycles. The number of hydrogen-bond donors (Lipinski definition) is 0. The Morgan fingerprint density at radius 2 is 1.56 bits per heavy atom. The lowest BCUT2D eigenvalue weighted by atomic mass is 10.1. The van der Waals surface area contributed by atoms with E-state index in [0.717, 1.165) is 7.05 Å². The zero-order chi connectivity index (χ0) is 13.1. The van der Waals surface area contributed by atoms with Crippen LogP contribution in [0.2, 0.25) is 0 Å². The van der Waals surface area contributed by atoms with Gasteiger partial charge in [0.25, 0.3) is 0 Å². The smallest absolute Gasteiger partial charge is 0.344 e. The fourth-order valence-corrected chi connectivity index (χ4v) is 1.45. The van der Waals surface area contributed by atoms with Crippen LogP contribution in [0.15, 0.2) is 0 Å². The van der Waals surface area contributed by atoms with Crippen molar-refractivity contribution < 1.29 is 31.1 Å². The van der Waals surface area contributed by atoms with Crippen molar-refractivity contribution in [2.75, 3.05) is 18.9 Å². The van der Waals surface area contributed by atoms with Gasteiger partial charge in [0.2, 0.25) is 11.8 Å². The summed E-state index contributed by atoms with van der Waals surface area (Å²) in [7, 11) is 0.883. The van der Waals surface area contributed by atoms with Crippen LogP contribution >= 0.6 is 15.9 Å². The molecule has 0 bridgehead atoms. The maximum atomic E-state index is 12.1. The Labute approximate surface area is 95.7 Å². The Bertz CT molecular complexity index is 236. The SMILES string of the molecule is CN(CCBr)C(=O)C(C(F)(F)F)C(F)(F)F. The molecule has 0 aliphatic rings. The van der Waals surface area contributed by atoms with Crippen LogP contribution in [0.25, 0.3) is 0 Å². The van der Waals surface area contributed by atoms with Crippen LogP contribution in [0, 0.1) is 5.92 Å². The summed E-state index contributed by atoms with van der Waals surface area (Å²) in [6, 6.07) is 0. The molecule has 0 heterocycles. The van der Waals surface area contributed by atoms with E-state index in [2.05, 4.69) is 15.9 Å². The van der Waals surface area contributed by atoms with Crippen molar-refractivity contribution in [3.63, 3.8) is 0 Å². The molecule has 0 aromatic rings. The normalized spacial score (nSPS) is 13.1. The van der Waals surface area contributed by atoms with E-state index in [4.69, 9.17) is 0 Å². The lowest BCUT2D eigenvalue weighted by molar-refractivity contribution is -0.277. The molecule has 0 spiro atoms. The predicted octanol–water partition coefficient (Wildman–Crippen LogP) is 2.58. The van der Waals surface area contributed by atoms with Gasteiger partial charge in [-0.15, -0.1) is 0 Å². The van der Waals surface area contributed by atoms with Crippen molar-refractivity contribution >= 4 is 21.8 Å². The van der Waals surface area contributed by atoms with Crippen molar-refractivity contribution in [1.82, 2.24) is 4.90 Å². The van der Waals surface area contributed by atoms with Gasteiger partial charge in [0.05, 0.1) is 0 Å². The van der Waals surface area contributed by atoms with E-state index in [9.17, 15) is 31.1 Å². The first-order valence-electron chi connectivity index (χ1n) is 3.96. The first kappa shape index (κ1) is 15.5. The molecule has 0 unspecified atom stereocenters. The highest BCUT2D eigenvalue weighted by Crippen LogP contribution is 2.40. The molecule has 2 nitrogen and oxygen atoms in total. The monoisotopic (exact) mass is 315 g/mol. The molecule has 0 radical (unpaired) electrons. The predicted molar refractivity (Wildman–Crippen MR) is 47.0 cm³/mol. The molecule has 96 valence electrons. The highest BCUT2D eigenvalue weighted by Gasteiger charge is 2.61. The number of amides is 1. The fourth-order valence-electron chi connectivity index (χ4n) is 0.923. The molecule has 0 N–H and O–H groups in total. The minimum atomic E-state index is -5.63. The number of rotatable bonds is 3. The molecule has 0 aliphatic heterocycles. The largest absolute Gasteiger partial charge is 0.409 e. The number of nitrogens with zero attached hydrogens (tertiary/aromatic N) is 1. The fraction of sp³-hybridized carbons (Fsp3) is 0.857. The van der Waals surface area contributed by atoms with Crippen LogP contribution in [-0.2, 0) is 4.79 Å². The van der Waals surface area contributed by atoms with Gasteiger partial charge in [-0.3, -0.25) is 4.79 Å². The summed E-state index contributed by atoms with van der Waals surface area (Å²) < 4.78 is 72.5. The van der Waals surface area contributed by atoms with Gasteiger partial charge in [-0.05, 0) is 0 Å². The van der Waals surface area contributed by atoms with Gasteiger partial charge < -0.3 is 4.90 Å². The standard InChI is InChI=1S/C7H8BrF6NO/c1-15(3-2-8)5(16)4(6(9,10)11)7(12,13)14/h4H,2-3H2,1H3. The van der Waals surface area contributed by atoms with Gasteiger partial charge >= 0.3 is 12.4 Å². The van der Waals surface area contributed by atoms with Crippen molar-refractivity contribution in [1.29, 1.82) is 0 Å². The van der Waals surface area contributed by atoms with E-state index in [1.807, 2.05) is 0 Å². The minimum Gasteiger partial charge on any atom is -0.344 e. The van der Waals surface area contributed by atoms with E-state index in [-0.39, 0.29) is 11.9 Å². The summed E-state index contributed by atoms with van der Waals surface area (Å²) in [5.74, 6) is -5.96. The molecule has 1 amide bonds. The Morgan fingerprint density at radius 1 is 1.19 bits per heavy atom. The molecule has 0 saturated carbocycles. The van der Waals surface area contributed by atoms with Gasteiger partial charge in [-0.2, -0.15) is 26.3 Å². The highest BCUT2D eigenvalue weighted by molar-refractivity contribution is 9.09. The maximum Gasteiger partial charge on any atom is 0.409 e. The molecule has 16 heavy (non-hydrogen) atoms. The quantitative estimate of drug-likeness (QED) is 0.579. The molecule has 0 atom stereocenters. The summed E-state index contributed by atoms with van der Waals surface area (Å²) in [5, 5.41) is 0.0949. The summed E-state index contributed by atoms with van der Waals surface area (Å²) in [6.07, 6.45) is -11.3. The topological polar surface area (TPSA) is 20.3 Å². The Balaban J connectivity index is 5.00. The van der Waals surface area contributed by atoms with Gasteiger partial charge in [0, 0.05) is 18.9 Å². The second-order valence-corrected chi connectivity index (χ2v) is 3.76. The van der Waals surface area contributed by atoms with Crippen LogP contribution in [0.3, 0.4) is 0 Å². The Kier molecular flexibility index (Phi) is 5.09. The Morgan fingerprint density at radius 3 is 1.81 bits per heavy atom. The van der Waals surface area contributed by atoms with Crippen molar-refractivity contribution in [3.05, 3.63) is 0 Å². The molecular formula is C7H8BrF6NO. The second kappa shape index (κ2) is 5.24. The molecule has 0 aromatic carbocycles. The van der Waals surface area contributed by atoms with Gasteiger partial charge in [-0.25, -0.2) is 0 Å². The summed E-state index contributed by atoms with van der Waals surface area (Å²) >= 11 is 2.81. The zero-order valence-electron chi connectivity index (χ0n) is 7.99. The van der Waals surface area contributed by atoms with E-state index in [1.165, 1.54) is 0 Å². The molecular weight excluding hydrogens is 308 g/mol. The zero-order valence-corrected chi connectivity index (χ0v) is 9.58. The number of carbonyl (C=O) groups excluding carboxylic acids is 1. The van der Waals surface area contributed by atoms with Crippen LogP contribution in [0.4, 0.5) is 26.3 Å². The van der Waals surface area contributed by atoms with Crippen LogP contribution in [-0.4, -0.2) is 42.1 Å². The number of hydrogen-bond acceptors (Lipinski definition) is 1. The van der Waals surface area contributed by atoms with Crippen LogP contribution in [0.1, 0.15) is 0 Å². The lowest BCUT2D eigenvalue weighted by Crippen LogP contribution is -2.48. The third-order valence-electron chi connectivity index (χ3n) is 1.70. The third-order valence-corrected chi connectivity index (χ3v) is 2.05. The first-order valence-corrected chi connectivity index (χ1v) is 5.08. The van der Waals surface area contributed by atoms with Gasteiger partial charge in [0.1, 0.15) is 0 Å². The van der Waals surface area contributed by atoms with E-state index >= 15 is 0 Å². The van der Waals surface area contributed by atoms with E-state index in [1.54, 1.807) is 0 Å². The van der Waals surface area contributed by atoms with E-state index < -0.39 is 24.2 Å². The number of alkyl halides is 7. The molecule has 0 fully saturated rings. The maximum absolute atomic E-state index is 12.1. The molecule has 0 saturated heterocycles. The second-order valence-electron chi connectivity index (χ2n) is 2.97. The van der Waals surface area contributed by atoms with Crippen LogP contribution in [0.5, 0.6) is 0 Å². The highest BCUT2D eigenvalue weighted by atomic mass is 79.9. The average Bonchev–Trinajstić information content (AvgIpc) is 1.98. The van der Waals surface area contributed by atoms with Crippen LogP contribution < -0.4 is 0 Å². The summed E-state index contributed by atoms with van der Waals surface area (Å²) in [5.41, 5.74) is 0. The Hall–Kier alpha value is -0.470. The van der Waals surface area contributed by atoms with Crippen molar-refractivity contribution in [3.8, 4) is 0 Å².